The van der Waals surface area contributed by atoms with E-state index >= 15 is 0 Å². The summed E-state index contributed by atoms with van der Waals surface area (Å²) < 4.78 is 20.5. The Morgan fingerprint density at radius 3 is 2.04 bits per heavy atom. The van der Waals surface area contributed by atoms with E-state index in [9.17, 15) is 24.3 Å². The number of nitrogens with one attached hydrogen (secondary N) is 2. The number of nitrogens with zero attached hydrogens (tertiary/aromatic N) is 7. The molecule has 0 spiro atoms. The number of carbonyl (C=O) groups is 4. The number of carbonyl (C=O) groups excluding carboxylic acids is 4. The van der Waals surface area contributed by atoms with E-state index in [1.54, 1.807) is 41.2 Å². The first-order chi connectivity index (χ1) is 26.0. The summed E-state index contributed by atoms with van der Waals surface area (Å²) >= 11 is 0. The van der Waals surface area contributed by atoms with Crippen LogP contribution in [-0.2, 0) is 25.9 Å². The number of anilines is 2. The first-order valence-electron chi connectivity index (χ1n) is 17.1. The first kappa shape index (κ1) is 37.1. The minimum absolute atomic E-state index is 0.0414. The molecular formula is C36H38N10O8. The number of rotatable bonds is 16. The summed E-state index contributed by atoms with van der Waals surface area (Å²) in [5.74, 6) is -0.518. The fraction of sp³-hybridized carbons (Fsp3) is 0.306. The molecular weight excluding hydrogens is 700 g/mol. The fourth-order valence-electron chi connectivity index (χ4n) is 5.81. The lowest BCUT2D eigenvalue weighted by Gasteiger charge is -2.12. The van der Waals surface area contributed by atoms with Crippen molar-refractivity contribution in [1.82, 2.24) is 34.1 Å². The third kappa shape index (κ3) is 7.58. The van der Waals surface area contributed by atoms with Gasteiger partial charge in [0.1, 0.15) is 16.8 Å². The predicted octanol–water partition coefficient (Wildman–Crippen LogP) is 3.93. The Bertz CT molecular complexity index is 2420. The van der Waals surface area contributed by atoms with Crippen molar-refractivity contribution in [3.63, 3.8) is 0 Å². The lowest BCUT2D eigenvalue weighted by molar-refractivity contribution is 0.0985. The molecule has 0 saturated heterocycles. The third-order valence-electron chi connectivity index (χ3n) is 8.28. The van der Waals surface area contributed by atoms with Crippen LogP contribution in [0.4, 0.5) is 11.9 Å². The first-order valence-corrected chi connectivity index (χ1v) is 17.1. The van der Waals surface area contributed by atoms with Crippen LogP contribution >= 0.6 is 0 Å². The minimum Gasteiger partial charge on any atom is -0.491 e. The highest BCUT2D eigenvalue weighted by molar-refractivity contribution is 6.04. The van der Waals surface area contributed by atoms with Gasteiger partial charge in [-0.15, -0.1) is 0 Å². The number of benzene rings is 1. The van der Waals surface area contributed by atoms with Crippen molar-refractivity contribution in [2.45, 2.75) is 60.0 Å². The second-order valence-electron chi connectivity index (χ2n) is 12.1. The molecule has 0 aliphatic heterocycles. The number of ether oxygens (including phenoxy) is 1. The maximum Gasteiger partial charge on any atom is 0.295 e. The summed E-state index contributed by atoms with van der Waals surface area (Å²) in [7, 11) is 0. The summed E-state index contributed by atoms with van der Waals surface area (Å²) in [6.07, 6.45) is 6.89. The van der Waals surface area contributed by atoms with Gasteiger partial charge in [0.05, 0.1) is 23.5 Å². The number of primary amides is 1. The molecule has 0 saturated carbocycles. The summed E-state index contributed by atoms with van der Waals surface area (Å²) in [4.78, 5) is 72.7. The highest BCUT2D eigenvalue weighted by Gasteiger charge is 2.24. The van der Waals surface area contributed by atoms with Gasteiger partial charge in [-0.1, -0.05) is 26.0 Å². The van der Waals surface area contributed by atoms with E-state index in [0.717, 1.165) is 0 Å². The van der Waals surface area contributed by atoms with Gasteiger partial charge in [0.15, 0.2) is 23.7 Å². The number of aryl methyl sites for hydroxylation is 4. The monoisotopic (exact) mass is 738 g/mol. The van der Waals surface area contributed by atoms with Gasteiger partial charge < -0.3 is 29.0 Å². The lowest BCUT2D eigenvalue weighted by Crippen LogP contribution is -2.17. The van der Waals surface area contributed by atoms with E-state index in [1.807, 2.05) is 13.8 Å². The number of aliphatic hydroxyl groups is 1. The number of imidazole rings is 2. The molecule has 0 radical (unpaired) electrons. The molecule has 0 unspecified atom stereocenters. The molecule has 5 N–H and O–H groups in total. The Hall–Kier alpha value is -6.69. The second kappa shape index (κ2) is 15.9. The molecule has 0 aliphatic carbocycles. The number of aromatic nitrogens is 7. The molecule has 54 heavy (non-hydrogen) atoms. The van der Waals surface area contributed by atoms with Crippen molar-refractivity contribution < 1.29 is 37.9 Å². The Labute approximate surface area is 307 Å². The number of oxazole rings is 2. The van der Waals surface area contributed by atoms with Crippen LogP contribution in [0.15, 0.2) is 45.4 Å². The van der Waals surface area contributed by atoms with Gasteiger partial charge in [0, 0.05) is 57.3 Å². The zero-order valence-corrected chi connectivity index (χ0v) is 30.0. The molecule has 280 valence electrons. The lowest BCUT2D eigenvalue weighted by atomic mass is 10.1. The van der Waals surface area contributed by atoms with Gasteiger partial charge in [-0.3, -0.25) is 34.4 Å². The molecule has 0 atom stereocenters. The summed E-state index contributed by atoms with van der Waals surface area (Å²) in [5, 5.41) is 15.0. The van der Waals surface area contributed by atoms with Gasteiger partial charge in [-0.2, -0.15) is 0 Å². The van der Waals surface area contributed by atoms with E-state index in [4.69, 9.17) is 19.3 Å². The number of allylic oxidation sites excluding steroid dienone is 2. The standard InChI is InChI=1S/C36H38N10O8/c1-5-23-29(53-19(3)39-23)33(50)43-35-41-25-15-22(31(37)49)16-27(52-13-9-12-47)28(25)45(35)10-7-8-11-46-32-26(14-21(18-48)17-38-32)42-36(46)44-34(51)30-24(6-2)40-20(4)54-30/h7-8,14-18,47H,5-6,9-13H2,1-4H3,(H2,37,49)(H,41,43,50)(H,42,44,51)/b8-7+. The van der Waals surface area contributed by atoms with Gasteiger partial charge in [0.25, 0.3) is 11.8 Å². The van der Waals surface area contributed by atoms with Crippen molar-refractivity contribution in [3.8, 4) is 5.75 Å². The highest BCUT2D eigenvalue weighted by atomic mass is 16.5. The maximum atomic E-state index is 13.5. The molecule has 6 aromatic rings. The van der Waals surface area contributed by atoms with Crippen LogP contribution in [0, 0.1) is 13.8 Å². The Balaban J connectivity index is 1.37. The van der Waals surface area contributed by atoms with E-state index in [0.29, 0.717) is 76.5 Å². The van der Waals surface area contributed by atoms with Crippen molar-refractivity contribution in [2.24, 2.45) is 5.73 Å². The van der Waals surface area contributed by atoms with Gasteiger partial charge in [-0.25, -0.2) is 24.9 Å². The topological polar surface area (TPSA) is 248 Å². The molecule has 3 amide bonds. The fourth-order valence-corrected chi connectivity index (χ4v) is 5.81. The normalized spacial score (nSPS) is 11.5. The number of nitrogens with two attached hydrogens (primary N) is 1. The number of aliphatic hydroxyl groups excluding tert-OH is 1. The molecule has 0 fully saturated rings. The molecule has 1 aromatic carbocycles. The van der Waals surface area contributed by atoms with Gasteiger partial charge in [-0.05, 0) is 31.0 Å². The molecule has 18 heteroatoms. The van der Waals surface area contributed by atoms with Crippen LogP contribution in [-0.4, -0.2) is 76.4 Å². The van der Waals surface area contributed by atoms with Crippen molar-refractivity contribution in [1.29, 1.82) is 0 Å². The third-order valence-corrected chi connectivity index (χ3v) is 8.28. The van der Waals surface area contributed by atoms with Crippen LogP contribution < -0.4 is 21.1 Å². The number of aldehydes is 1. The molecule has 6 rings (SSSR count). The zero-order chi connectivity index (χ0) is 38.5. The van der Waals surface area contributed by atoms with Crippen LogP contribution in [0.2, 0.25) is 0 Å². The average Bonchev–Trinajstić information content (AvgIpc) is 3.92. The van der Waals surface area contributed by atoms with Crippen molar-refractivity contribution in [3.05, 3.63) is 82.4 Å². The second-order valence-corrected chi connectivity index (χ2v) is 12.1. The van der Waals surface area contributed by atoms with Gasteiger partial charge >= 0.3 is 0 Å². The SMILES string of the molecule is CCc1nc(C)oc1C(=O)Nc1nc2cc(C=O)cnc2n1C/C=C/Cn1c(NC(=O)c2oc(C)nc2CC)nc2cc(C(N)=O)cc(OCCCO)c21. The van der Waals surface area contributed by atoms with E-state index < -0.39 is 17.7 Å². The Kier molecular flexibility index (Phi) is 10.9. The number of fused-ring (bicyclic) bond motifs is 2. The summed E-state index contributed by atoms with van der Waals surface area (Å²) in [6, 6.07) is 4.54. The maximum absolute atomic E-state index is 13.5. The van der Waals surface area contributed by atoms with Crippen molar-refractivity contribution in [2.75, 3.05) is 23.8 Å². The van der Waals surface area contributed by atoms with Crippen LogP contribution in [0.3, 0.4) is 0 Å². The molecule has 0 aliphatic rings. The Morgan fingerprint density at radius 1 is 0.870 bits per heavy atom. The predicted molar refractivity (Wildman–Crippen MR) is 195 cm³/mol. The molecule has 5 aromatic heterocycles. The smallest absolute Gasteiger partial charge is 0.295 e. The van der Waals surface area contributed by atoms with Crippen LogP contribution in [0.1, 0.15) is 85.3 Å². The average molecular weight is 739 g/mol. The minimum atomic E-state index is -0.706. The molecule has 5 heterocycles. The summed E-state index contributed by atoms with van der Waals surface area (Å²) in [6.45, 7) is 7.30. The van der Waals surface area contributed by atoms with Crippen molar-refractivity contribution >= 4 is 58.1 Å². The van der Waals surface area contributed by atoms with E-state index in [2.05, 4.69) is 35.6 Å². The van der Waals surface area contributed by atoms with Crippen LogP contribution in [0.5, 0.6) is 5.75 Å². The number of hydrogen-bond donors (Lipinski definition) is 4. The van der Waals surface area contributed by atoms with Crippen LogP contribution in [0.25, 0.3) is 22.2 Å². The number of pyridine rings is 1. The quantitative estimate of drug-likeness (QED) is 0.0625. The highest BCUT2D eigenvalue weighted by Crippen LogP contribution is 2.32. The Morgan fingerprint density at radius 2 is 1.46 bits per heavy atom. The number of hydrogen-bond acceptors (Lipinski definition) is 13. The summed E-state index contributed by atoms with van der Waals surface area (Å²) in [5.41, 5.74) is 8.58. The van der Waals surface area contributed by atoms with Gasteiger partial charge in [0.2, 0.25) is 29.3 Å². The largest absolute Gasteiger partial charge is 0.491 e. The van der Waals surface area contributed by atoms with E-state index in [-0.39, 0.29) is 61.0 Å². The molecule has 0 bridgehead atoms. The van der Waals surface area contributed by atoms with E-state index in [1.165, 1.54) is 18.3 Å². The molecule has 18 nitrogen and oxygen atoms in total. The number of amides is 3. The zero-order valence-electron chi connectivity index (χ0n) is 30.0.